The number of anilines is 2. The van der Waals surface area contributed by atoms with Gasteiger partial charge in [-0.1, -0.05) is 48.0 Å². The van der Waals surface area contributed by atoms with Crippen LogP contribution in [0.25, 0.3) is 0 Å². The highest BCUT2D eigenvalue weighted by molar-refractivity contribution is 6.30. The van der Waals surface area contributed by atoms with Crippen molar-refractivity contribution in [1.29, 1.82) is 0 Å². The average Bonchev–Trinajstić information content (AvgIpc) is 3.12. The van der Waals surface area contributed by atoms with Gasteiger partial charge in [-0.3, -0.25) is 24.6 Å². The topological polar surface area (TPSA) is 92.5 Å². The number of halogens is 2. The molecular weight excluding hydrogens is 545 g/mol. The molecule has 204 valence electrons. The van der Waals surface area contributed by atoms with Crippen molar-refractivity contribution >= 4 is 40.4 Å². The molecule has 0 radical (unpaired) electrons. The van der Waals surface area contributed by atoms with Gasteiger partial charge in [0.05, 0.1) is 22.3 Å². The number of non-ortho nitro benzene ring substituents is 1. The van der Waals surface area contributed by atoms with Crippen molar-refractivity contribution in [2.45, 2.75) is 24.8 Å². The molecule has 1 N–H and O–H groups in total. The van der Waals surface area contributed by atoms with Gasteiger partial charge in [0.1, 0.15) is 5.82 Å². The molecular formula is C32H23ClFN3O4. The number of nitrogens with zero attached hydrogens (tertiary/aromatic N) is 2. The van der Waals surface area contributed by atoms with Gasteiger partial charge in [0.25, 0.3) is 11.6 Å². The Bertz CT molecular complexity index is 1720. The molecule has 2 atom stereocenters. The Morgan fingerprint density at radius 1 is 0.927 bits per heavy atom. The fourth-order valence-corrected chi connectivity index (χ4v) is 5.77. The molecule has 9 heteroatoms. The predicted octanol–water partition coefficient (Wildman–Crippen LogP) is 7.60. The zero-order chi connectivity index (χ0) is 28.7. The molecule has 7 nitrogen and oxygen atoms in total. The summed E-state index contributed by atoms with van der Waals surface area (Å²) in [4.78, 5) is 41.1. The molecule has 41 heavy (non-hydrogen) atoms. The highest BCUT2D eigenvalue weighted by atomic mass is 35.5. The summed E-state index contributed by atoms with van der Waals surface area (Å²) in [5.41, 5.74) is 3.56. The number of hydrogen-bond donors (Lipinski definition) is 1. The first kappa shape index (κ1) is 26.4. The average molecular weight is 568 g/mol. The summed E-state index contributed by atoms with van der Waals surface area (Å²) in [7, 11) is 0. The van der Waals surface area contributed by atoms with E-state index >= 15 is 0 Å². The quantitative estimate of drug-likeness (QED) is 0.202. The second kappa shape index (κ2) is 10.6. The van der Waals surface area contributed by atoms with Crippen LogP contribution in [0.1, 0.15) is 46.3 Å². The minimum absolute atomic E-state index is 0.136. The SMILES string of the molecule is O=C1C[C@@H](c2ccc(F)cc2)CC2=C1[C@@H](c1cccc([N+](=O)[O-])c1)N(C(=O)c1ccc(Cl)cc1)c1ccccc1N2. The van der Waals surface area contributed by atoms with E-state index < -0.39 is 16.9 Å². The standard InChI is InChI=1S/C32H23ClFN3O4/c33-23-12-8-20(9-13-23)32(39)36-28-7-2-1-6-26(28)35-27-17-22(19-10-14-24(34)15-11-19)18-29(38)30(27)31(36)21-4-3-5-25(16-21)37(40)41/h1-16,22,31,35H,17-18H2/t22-,31+/m0/s1. The van der Waals surface area contributed by atoms with Crippen molar-refractivity contribution in [3.63, 3.8) is 0 Å². The second-order valence-electron chi connectivity index (χ2n) is 10.1. The predicted molar refractivity (Wildman–Crippen MR) is 155 cm³/mol. The molecule has 0 aromatic heterocycles. The van der Waals surface area contributed by atoms with Gasteiger partial charge < -0.3 is 5.32 Å². The van der Waals surface area contributed by atoms with E-state index in [0.717, 1.165) is 5.56 Å². The van der Waals surface area contributed by atoms with Crippen molar-refractivity contribution in [2.24, 2.45) is 0 Å². The van der Waals surface area contributed by atoms with Gasteiger partial charge in [0.2, 0.25) is 0 Å². The molecule has 0 saturated heterocycles. The van der Waals surface area contributed by atoms with Gasteiger partial charge in [-0.25, -0.2) is 4.39 Å². The third kappa shape index (κ3) is 4.98. The number of amides is 1. The molecule has 4 aromatic rings. The van der Waals surface area contributed by atoms with E-state index in [1.54, 1.807) is 60.7 Å². The molecule has 0 bridgehead atoms. The molecule has 0 saturated carbocycles. The van der Waals surface area contributed by atoms with Crippen LogP contribution in [-0.2, 0) is 4.79 Å². The number of Topliss-reactive ketones (excluding diaryl/α,β-unsaturated/α-hetero) is 1. The second-order valence-corrected chi connectivity index (χ2v) is 10.5. The third-order valence-corrected chi connectivity index (χ3v) is 7.79. The summed E-state index contributed by atoms with van der Waals surface area (Å²) in [6.07, 6.45) is 0.562. The summed E-state index contributed by atoms with van der Waals surface area (Å²) in [6.45, 7) is 0. The first-order chi connectivity index (χ1) is 19.8. The number of carbonyl (C=O) groups excluding carboxylic acids is 2. The van der Waals surface area contributed by atoms with Crippen molar-refractivity contribution < 1.29 is 18.9 Å². The molecule has 1 amide bonds. The number of nitro groups is 1. The molecule has 1 heterocycles. The first-order valence-corrected chi connectivity index (χ1v) is 13.4. The highest BCUT2D eigenvalue weighted by Gasteiger charge is 2.42. The zero-order valence-electron chi connectivity index (χ0n) is 21.6. The van der Waals surface area contributed by atoms with Crippen molar-refractivity contribution in [1.82, 2.24) is 0 Å². The number of nitrogens with one attached hydrogen (secondary N) is 1. The summed E-state index contributed by atoms with van der Waals surface area (Å²) in [6, 6.07) is 24.8. The van der Waals surface area contributed by atoms with Gasteiger partial charge in [0.15, 0.2) is 5.78 Å². The molecule has 0 spiro atoms. The Kier molecular flexibility index (Phi) is 6.85. The summed E-state index contributed by atoms with van der Waals surface area (Å²) < 4.78 is 13.6. The Labute approximate surface area is 240 Å². The van der Waals surface area contributed by atoms with Crippen LogP contribution in [-0.4, -0.2) is 16.6 Å². The smallest absolute Gasteiger partial charge is 0.269 e. The Hall–Kier alpha value is -4.82. The number of benzene rings is 4. The minimum Gasteiger partial charge on any atom is -0.357 e. The maximum atomic E-state index is 14.3. The Morgan fingerprint density at radius 2 is 1.66 bits per heavy atom. The van der Waals surface area contributed by atoms with Crippen LogP contribution >= 0.6 is 11.6 Å². The van der Waals surface area contributed by atoms with Gasteiger partial charge in [-0.2, -0.15) is 0 Å². The van der Waals surface area contributed by atoms with Crippen LogP contribution in [0.15, 0.2) is 108 Å². The number of hydrogen-bond acceptors (Lipinski definition) is 5. The lowest BCUT2D eigenvalue weighted by Gasteiger charge is -2.35. The number of allylic oxidation sites excluding steroid dienone is 1. The molecule has 6 rings (SSSR count). The number of rotatable bonds is 4. The highest BCUT2D eigenvalue weighted by Crippen LogP contribution is 2.48. The number of para-hydroxylation sites is 2. The van der Waals surface area contributed by atoms with E-state index in [2.05, 4.69) is 5.32 Å². The fraction of sp³-hybridized carbons (Fsp3) is 0.125. The Balaban J connectivity index is 1.57. The van der Waals surface area contributed by atoms with Crippen LogP contribution in [0.4, 0.5) is 21.5 Å². The summed E-state index contributed by atoms with van der Waals surface area (Å²) in [5.74, 6) is -1.17. The van der Waals surface area contributed by atoms with Crippen LogP contribution in [0, 0.1) is 15.9 Å². The van der Waals surface area contributed by atoms with Crippen LogP contribution < -0.4 is 10.2 Å². The molecule has 1 aliphatic heterocycles. The van der Waals surface area contributed by atoms with E-state index in [1.165, 1.54) is 29.2 Å². The minimum atomic E-state index is -0.953. The van der Waals surface area contributed by atoms with Crippen LogP contribution in [0.5, 0.6) is 0 Å². The van der Waals surface area contributed by atoms with E-state index in [1.807, 2.05) is 12.1 Å². The molecule has 2 aliphatic rings. The summed E-state index contributed by atoms with van der Waals surface area (Å²) >= 11 is 6.09. The third-order valence-electron chi connectivity index (χ3n) is 7.54. The van der Waals surface area contributed by atoms with Crippen LogP contribution in [0.2, 0.25) is 5.02 Å². The van der Waals surface area contributed by atoms with Gasteiger partial charge in [-0.15, -0.1) is 0 Å². The fourth-order valence-electron chi connectivity index (χ4n) is 5.64. The number of nitro benzene ring substituents is 1. The normalized spacial score (nSPS) is 18.2. The molecule has 4 aromatic carbocycles. The monoisotopic (exact) mass is 567 g/mol. The van der Waals surface area contributed by atoms with Gasteiger partial charge >= 0.3 is 0 Å². The van der Waals surface area contributed by atoms with Crippen LogP contribution in [0.3, 0.4) is 0 Å². The lowest BCUT2D eigenvalue weighted by molar-refractivity contribution is -0.384. The van der Waals surface area contributed by atoms with Gasteiger partial charge in [0, 0.05) is 40.4 Å². The van der Waals surface area contributed by atoms with E-state index in [0.29, 0.717) is 45.2 Å². The van der Waals surface area contributed by atoms with E-state index in [9.17, 15) is 24.1 Å². The van der Waals surface area contributed by atoms with Crippen molar-refractivity contribution in [2.75, 3.05) is 10.2 Å². The lowest BCUT2D eigenvalue weighted by Crippen LogP contribution is -2.38. The molecule has 0 fully saturated rings. The zero-order valence-corrected chi connectivity index (χ0v) is 22.3. The number of carbonyl (C=O) groups is 2. The van der Waals surface area contributed by atoms with E-state index in [4.69, 9.17) is 11.6 Å². The lowest BCUT2D eigenvalue weighted by atomic mass is 9.78. The van der Waals surface area contributed by atoms with Crippen molar-refractivity contribution in [3.05, 3.63) is 146 Å². The number of fused-ring (bicyclic) bond motifs is 1. The largest absolute Gasteiger partial charge is 0.357 e. The van der Waals surface area contributed by atoms with Gasteiger partial charge in [-0.05, 0) is 72.0 Å². The Morgan fingerprint density at radius 3 is 2.39 bits per heavy atom. The molecule has 1 aliphatic carbocycles. The first-order valence-electron chi connectivity index (χ1n) is 13.0. The van der Waals surface area contributed by atoms with E-state index in [-0.39, 0.29) is 29.6 Å². The van der Waals surface area contributed by atoms with Crippen molar-refractivity contribution in [3.8, 4) is 0 Å². The summed E-state index contributed by atoms with van der Waals surface area (Å²) in [5, 5.41) is 15.6. The number of ketones is 1. The maximum Gasteiger partial charge on any atom is 0.269 e. The molecule has 0 unspecified atom stereocenters. The maximum absolute atomic E-state index is 14.3.